The number of likely N-dealkylation sites (N-methyl/N-ethyl adjacent to an activating group) is 1. The average molecular weight is 295 g/mol. The first-order chi connectivity index (χ1) is 10.1. The number of carbonyl (C=O) groups excluding carboxylic acids is 1. The first-order valence-corrected chi connectivity index (χ1v) is 8.75. The number of likely N-dealkylation sites (tertiary alicyclic amines) is 1. The molecule has 1 heterocycles. The second-order valence-corrected chi connectivity index (χ2v) is 7.16. The molecule has 1 amide bonds. The number of hydrogen-bond acceptors (Lipinski definition) is 3. The van der Waals surface area contributed by atoms with Gasteiger partial charge in [0.05, 0.1) is 6.04 Å². The zero-order valence-electron chi connectivity index (χ0n) is 14.1. The van der Waals surface area contributed by atoms with Crippen molar-refractivity contribution in [1.82, 2.24) is 9.80 Å². The summed E-state index contributed by atoms with van der Waals surface area (Å²) < 4.78 is 0. The summed E-state index contributed by atoms with van der Waals surface area (Å²) in [7, 11) is 3.75. The Bertz CT molecular complexity index is 345. The van der Waals surface area contributed by atoms with E-state index in [9.17, 15) is 4.79 Å². The van der Waals surface area contributed by atoms with Crippen LogP contribution in [0.3, 0.4) is 0 Å². The molecule has 2 fully saturated rings. The fraction of sp³-hybridized carbons (Fsp3) is 0.941. The van der Waals surface area contributed by atoms with Crippen LogP contribution in [0.2, 0.25) is 0 Å². The van der Waals surface area contributed by atoms with Crippen molar-refractivity contribution in [3.8, 4) is 0 Å². The van der Waals surface area contributed by atoms with E-state index in [1.54, 1.807) is 4.90 Å². The van der Waals surface area contributed by atoms with Gasteiger partial charge in [0.2, 0.25) is 5.91 Å². The number of nitrogens with two attached hydrogens (primary N) is 1. The molecule has 2 rings (SSSR count). The minimum absolute atomic E-state index is 0.0967. The fourth-order valence-electron chi connectivity index (χ4n) is 4.39. The maximum absolute atomic E-state index is 12.5. The minimum Gasteiger partial charge on any atom is -0.347 e. The smallest absolute Gasteiger partial charge is 0.239 e. The lowest BCUT2D eigenvalue weighted by molar-refractivity contribution is -0.135. The van der Waals surface area contributed by atoms with Crippen LogP contribution in [0.15, 0.2) is 0 Å². The Morgan fingerprint density at radius 2 is 2.05 bits per heavy atom. The molecule has 4 atom stereocenters. The summed E-state index contributed by atoms with van der Waals surface area (Å²) in [5.41, 5.74) is 6.04. The van der Waals surface area contributed by atoms with Gasteiger partial charge in [0.15, 0.2) is 0 Å². The third-order valence-corrected chi connectivity index (χ3v) is 5.51. The zero-order chi connectivity index (χ0) is 15.4. The van der Waals surface area contributed by atoms with Gasteiger partial charge in [0.1, 0.15) is 0 Å². The van der Waals surface area contributed by atoms with Crippen molar-refractivity contribution in [2.24, 2.45) is 17.6 Å². The van der Waals surface area contributed by atoms with Crippen molar-refractivity contribution < 1.29 is 4.79 Å². The maximum atomic E-state index is 12.5. The van der Waals surface area contributed by atoms with E-state index < -0.39 is 0 Å². The highest BCUT2D eigenvalue weighted by molar-refractivity contribution is 5.81. The molecule has 0 radical (unpaired) electrons. The second-order valence-electron chi connectivity index (χ2n) is 7.16. The fourth-order valence-corrected chi connectivity index (χ4v) is 4.39. The molecule has 2 N–H and O–H groups in total. The summed E-state index contributed by atoms with van der Waals surface area (Å²) in [6.45, 7) is 4.12. The molecule has 4 nitrogen and oxygen atoms in total. The summed E-state index contributed by atoms with van der Waals surface area (Å²) in [5.74, 6) is 1.69. The number of hydrogen-bond donors (Lipinski definition) is 1. The number of amides is 1. The molecule has 0 bridgehead atoms. The van der Waals surface area contributed by atoms with Gasteiger partial charge in [0.25, 0.3) is 0 Å². The van der Waals surface area contributed by atoms with Crippen molar-refractivity contribution in [2.75, 3.05) is 27.2 Å². The summed E-state index contributed by atoms with van der Waals surface area (Å²) in [5, 5.41) is 0. The van der Waals surface area contributed by atoms with Gasteiger partial charge in [-0.2, -0.15) is 0 Å². The average Bonchev–Trinajstić information content (AvgIpc) is 2.95. The van der Waals surface area contributed by atoms with Crippen LogP contribution in [-0.2, 0) is 4.79 Å². The van der Waals surface area contributed by atoms with Crippen LogP contribution in [0, 0.1) is 11.8 Å². The zero-order valence-corrected chi connectivity index (χ0v) is 14.1. The summed E-state index contributed by atoms with van der Waals surface area (Å²) in [6, 6.07) is 0.621. The Kier molecular flexibility index (Phi) is 6.06. The van der Waals surface area contributed by atoms with Crippen LogP contribution in [-0.4, -0.2) is 55.0 Å². The van der Waals surface area contributed by atoms with Crippen molar-refractivity contribution >= 4 is 5.91 Å². The standard InChI is InChI=1S/C17H33N3O/c1-4-6-13-8-9-14(12-18)16(11-13)20-10-5-7-15(20)17(21)19(2)3/h13-16H,4-12,18H2,1-3H3. The molecule has 1 saturated carbocycles. The van der Waals surface area contributed by atoms with E-state index in [4.69, 9.17) is 5.73 Å². The number of carbonyl (C=O) groups is 1. The van der Waals surface area contributed by atoms with E-state index in [0.29, 0.717) is 12.0 Å². The van der Waals surface area contributed by atoms with Gasteiger partial charge in [-0.05, 0) is 50.6 Å². The largest absolute Gasteiger partial charge is 0.347 e. The van der Waals surface area contributed by atoms with Gasteiger partial charge < -0.3 is 10.6 Å². The first kappa shape index (κ1) is 16.8. The lowest BCUT2D eigenvalue weighted by Gasteiger charge is -2.43. The van der Waals surface area contributed by atoms with Crippen molar-refractivity contribution in [3.63, 3.8) is 0 Å². The molecule has 122 valence electrons. The highest BCUT2D eigenvalue weighted by Crippen LogP contribution is 2.37. The predicted molar refractivity (Wildman–Crippen MR) is 87.0 cm³/mol. The van der Waals surface area contributed by atoms with Crippen molar-refractivity contribution in [2.45, 2.75) is 64.0 Å². The number of rotatable bonds is 5. The SMILES string of the molecule is CCCC1CCC(CN)C(N2CCCC2C(=O)N(C)C)C1. The van der Waals surface area contributed by atoms with Gasteiger partial charge in [-0.1, -0.05) is 26.2 Å². The molecule has 0 aromatic rings. The van der Waals surface area contributed by atoms with E-state index in [2.05, 4.69) is 11.8 Å². The molecule has 4 unspecified atom stereocenters. The first-order valence-electron chi connectivity index (χ1n) is 8.75. The summed E-state index contributed by atoms with van der Waals surface area (Å²) in [4.78, 5) is 16.7. The van der Waals surface area contributed by atoms with Crippen molar-refractivity contribution in [3.05, 3.63) is 0 Å². The highest BCUT2D eigenvalue weighted by Gasteiger charge is 2.41. The van der Waals surface area contributed by atoms with Crippen molar-refractivity contribution in [1.29, 1.82) is 0 Å². The molecule has 0 aromatic carbocycles. The third kappa shape index (κ3) is 3.78. The van der Waals surface area contributed by atoms with Crippen LogP contribution in [0.4, 0.5) is 0 Å². The molecule has 4 heteroatoms. The molecule has 2 aliphatic rings. The maximum Gasteiger partial charge on any atom is 0.239 e. The van der Waals surface area contributed by atoms with Gasteiger partial charge in [-0.15, -0.1) is 0 Å². The van der Waals surface area contributed by atoms with E-state index >= 15 is 0 Å². The Hall–Kier alpha value is -0.610. The van der Waals surface area contributed by atoms with Gasteiger partial charge in [0, 0.05) is 20.1 Å². The molecular formula is C17H33N3O. The highest BCUT2D eigenvalue weighted by atomic mass is 16.2. The van der Waals surface area contributed by atoms with Gasteiger partial charge >= 0.3 is 0 Å². The second kappa shape index (κ2) is 7.59. The Balaban J connectivity index is 2.09. The Labute approximate surface area is 130 Å². The predicted octanol–water partition coefficient (Wildman–Crippen LogP) is 2.08. The van der Waals surface area contributed by atoms with E-state index in [0.717, 1.165) is 31.8 Å². The van der Waals surface area contributed by atoms with E-state index in [-0.39, 0.29) is 11.9 Å². The molecule has 0 spiro atoms. The number of nitrogens with zero attached hydrogens (tertiary/aromatic N) is 2. The van der Waals surface area contributed by atoms with E-state index in [1.165, 1.54) is 32.1 Å². The Morgan fingerprint density at radius 3 is 2.67 bits per heavy atom. The molecule has 1 aliphatic heterocycles. The van der Waals surface area contributed by atoms with Crippen LogP contribution in [0.5, 0.6) is 0 Å². The molecule has 1 saturated heterocycles. The van der Waals surface area contributed by atoms with Gasteiger partial charge in [-0.25, -0.2) is 0 Å². The summed E-state index contributed by atoms with van der Waals surface area (Å²) in [6.07, 6.45) is 8.57. The van der Waals surface area contributed by atoms with Crippen LogP contribution < -0.4 is 5.73 Å². The lowest BCUT2D eigenvalue weighted by Crippen LogP contribution is -2.53. The third-order valence-electron chi connectivity index (χ3n) is 5.51. The van der Waals surface area contributed by atoms with Crippen LogP contribution in [0.25, 0.3) is 0 Å². The van der Waals surface area contributed by atoms with Crippen LogP contribution >= 0.6 is 0 Å². The Morgan fingerprint density at radius 1 is 1.29 bits per heavy atom. The topological polar surface area (TPSA) is 49.6 Å². The quantitative estimate of drug-likeness (QED) is 0.845. The monoisotopic (exact) mass is 295 g/mol. The van der Waals surface area contributed by atoms with E-state index in [1.807, 2.05) is 14.1 Å². The lowest BCUT2D eigenvalue weighted by atomic mass is 9.75. The van der Waals surface area contributed by atoms with Gasteiger partial charge in [-0.3, -0.25) is 9.69 Å². The molecular weight excluding hydrogens is 262 g/mol. The molecule has 0 aromatic heterocycles. The van der Waals surface area contributed by atoms with Crippen LogP contribution in [0.1, 0.15) is 51.9 Å². The normalized spacial score (nSPS) is 34.1. The minimum atomic E-state index is 0.0967. The molecule has 1 aliphatic carbocycles. The summed E-state index contributed by atoms with van der Waals surface area (Å²) >= 11 is 0. The molecule has 21 heavy (non-hydrogen) atoms.